The molecule has 2 aromatic rings. The molecule has 1 aliphatic rings. The van der Waals surface area contributed by atoms with Crippen molar-refractivity contribution in [2.45, 2.75) is 0 Å². The van der Waals surface area contributed by atoms with Crippen molar-refractivity contribution in [1.82, 2.24) is 0 Å². The van der Waals surface area contributed by atoms with Gasteiger partial charge in [-0.05, 0) is 75.9 Å². The lowest BCUT2D eigenvalue weighted by Gasteiger charge is -2.23. The predicted octanol–water partition coefficient (Wildman–Crippen LogP) is 7.40. The highest BCUT2D eigenvalue weighted by molar-refractivity contribution is 9.14. The van der Waals surface area contributed by atoms with Gasteiger partial charge in [0.05, 0.1) is 8.95 Å². The van der Waals surface area contributed by atoms with Gasteiger partial charge < -0.3 is 9.47 Å². The highest BCUT2D eigenvalue weighted by atomic mass is 79.9. The normalized spacial score (nSPS) is 12.3. The van der Waals surface area contributed by atoms with Crippen LogP contribution in [-0.2, 0) is 0 Å². The first-order valence-corrected chi connectivity index (χ1v) is 8.96. The number of halogens is 5. The lowest BCUT2D eigenvalue weighted by molar-refractivity contribution is 0.355. The van der Waals surface area contributed by atoms with Crippen molar-refractivity contribution in [1.29, 1.82) is 0 Å². The second-order valence-corrected chi connectivity index (χ2v) is 7.94. The minimum atomic E-state index is 0.644. The molecular formula is C12H3Br5O2. The molecule has 0 radical (unpaired) electrons. The molecule has 98 valence electrons. The average molecular weight is 579 g/mol. The van der Waals surface area contributed by atoms with Crippen molar-refractivity contribution < 1.29 is 9.47 Å². The Labute approximate surface area is 151 Å². The van der Waals surface area contributed by atoms with Crippen molar-refractivity contribution in [2.75, 3.05) is 0 Å². The molecule has 2 nitrogen and oxygen atoms in total. The van der Waals surface area contributed by atoms with Crippen LogP contribution in [0.1, 0.15) is 0 Å². The number of ether oxygens (including phenoxy) is 2. The van der Waals surface area contributed by atoms with Crippen LogP contribution in [0.25, 0.3) is 0 Å². The van der Waals surface area contributed by atoms with Crippen LogP contribution in [0.3, 0.4) is 0 Å². The lowest BCUT2D eigenvalue weighted by atomic mass is 10.2. The first-order chi connectivity index (χ1) is 8.97. The molecule has 0 saturated carbocycles. The van der Waals surface area contributed by atoms with E-state index in [0.717, 1.165) is 22.4 Å². The Morgan fingerprint density at radius 2 is 1.32 bits per heavy atom. The summed E-state index contributed by atoms with van der Waals surface area (Å²) in [5, 5.41) is 0. The van der Waals surface area contributed by atoms with E-state index < -0.39 is 0 Å². The zero-order chi connectivity index (χ0) is 13.7. The molecule has 0 N–H and O–H groups in total. The Balaban J connectivity index is 2.20. The summed E-state index contributed by atoms with van der Waals surface area (Å²) in [5.41, 5.74) is 0. The molecule has 0 spiro atoms. The Bertz CT molecular complexity index is 699. The summed E-state index contributed by atoms with van der Waals surface area (Å²) in [5.74, 6) is 2.62. The third-order valence-corrected chi connectivity index (χ3v) is 6.80. The van der Waals surface area contributed by atoms with Crippen LogP contribution < -0.4 is 9.47 Å². The second-order valence-electron chi connectivity index (χ2n) is 3.73. The molecule has 7 heteroatoms. The molecule has 0 bridgehead atoms. The van der Waals surface area contributed by atoms with E-state index in [1.165, 1.54) is 0 Å². The minimum Gasteiger partial charge on any atom is -0.449 e. The van der Waals surface area contributed by atoms with E-state index in [2.05, 4.69) is 79.6 Å². The van der Waals surface area contributed by atoms with Crippen molar-refractivity contribution in [3.05, 3.63) is 40.6 Å². The van der Waals surface area contributed by atoms with Gasteiger partial charge in [0.15, 0.2) is 23.0 Å². The van der Waals surface area contributed by atoms with Crippen molar-refractivity contribution in [3.8, 4) is 23.0 Å². The fourth-order valence-electron chi connectivity index (χ4n) is 1.66. The second kappa shape index (κ2) is 5.33. The van der Waals surface area contributed by atoms with Crippen molar-refractivity contribution in [3.63, 3.8) is 0 Å². The van der Waals surface area contributed by atoms with Crippen LogP contribution in [-0.4, -0.2) is 0 Å². The van der Waals surface area contributed by atoms with Crippen molar-refractivity contribution >= 4 is 79.6 Å². The van der Waals surface area contributed by atoms with E-state index in [1.54, 1.807) is 0 Å². The fraction of sp³-hybridized carbons (Fsp3) is 0. The van der Waals surface area contributed by atoms with E-state index in [9.17, 15) is 0 Å². The largest absolute Gasteiger partial charge is 0.449 e. The van der Waals surface area contributed by atoms with Gasteiger partial charge in [0, 0.05) is 19.5 Å². The van der Waals surface area contributed by atoms with Gasteiger partial charge in [-0.25, -0.2) is 0 Å². The number of benzene rings is 2. The van der Waals surface area contributed by atoms with Crippen LogP contribution in [0.4, 0.5) is 0 Å². The van der Waals surface area contributed by atoms with Crippen LogP contribution >= 0.6 is 79.6 Å². The van der Waals surface area contributed by atoms with Gasteiger partial charge in [-0.2, -0.15) is 0 Å². The summed E-state index contributed by atoms with van der Waals surface area (Å²) in [4.78, 5) is 0. The molecule has 0 amide bonds. The third-order valence-electron chi connectivity index (χ3n) is 2.48. The Kier molecular flexibility index (Phi) is 4.03. The van der Waals surface area contributed by atoms with Gasteiger partial charge in [0.25, 0.3) is 0 Å². The summed E-state index contributed by atoms with van der Waals surface area (Å²) < 4.78 is 16.1. The summed E-state index contributed by atoms with van der Waals surface area (Å²) in [7, 11) is 0. The molecule has 1 heterocycles. The van der Waals surface area contributed by atoms with Gasteiger partial charge in [0.2, 0.25) is 0 Å². The maximum atomic E-state index is 5.94. The molecule has 0 saturated heterocycles. The zero-order valence-corrected chi connectivity index (χ0v) is 16.9. The molecule has 19 heavy (non-hydrogen) atoms. The summed E-state index contributed by atoms with van der Waals surface area (Å²) in [6.07, 6.45) is 0. The summed E-state index contributed by atoms with van der Waals surface area (Å²) in [6, 6.07) is 5.64. The van der Waals surface area contributed by atoms with Gasteiger partial charge in [0.1, 0.15) is 0 Å². The maximum absolute atomic E-state index is 5.94. The third kappa shape index (κ3) is 2.52. The summed E-state index contributed by atoms with van der Waals surface area (Å²) >= 11 is 17.3. The smallest absolute Gasteiger partial charge is 0.185 e. The van der Waals surface area contributed by atoms with E-state index in [-0.39, 0.29) is 0 Å². The molecule has 2 aromatic carbocycles. The van der Waals surface area contributed by atoms with E-state index in [0.29, 0.717) is 23.0 Å². The van der Waals surface area contributed by atoms with Crippen molar-refractivity contribution in [2.24, 2.45) is 0 Å². The molecule has 0 unspecified atom stereocenters. The standard InChI is InChI=1S/C12H3Br5O2/c13-4-1-6(15)11-7(2-4)18-8-3-5(14)9(16)10(17)12(8)19-11/h1-3H. The van der Waals surface area contributed by atoms with Crippen LogP contribution in [0.5, 0.6) is 23.0 Å². The van der Waals surface area contributed by atoms with E-state index in [4.69, 9.17) is 9.47 Å². The fourth-order valence-corrected chi connectivity index (χ4v) is 4.38. The molecule has 0 fully saturated rings. The first-order valence-electron chi connectivity index (χ1n) is 4.99. The maximum Gasteiger partial charge on any atom is 0.185 e. The minimum absolute atomic E-state index is 0.644. The number of fused-ring (bicyclic) bond motifs is 2. The summed E-state index contributed by atoms with van der Waals surface area (Å²) in [6.45, 7) is 0. The SMILES string of the molecule is Brc1cc(Br)c2c(c1)Oc1cc(Br)c(Br)c(Br)c1O2. The van der Waals surface area contributed by atoms with Crippen LogP contribution in [0.15, 0.2) is 40.6 Å². The monoisotopic (exact) mass is 574 g/mol. The Morgan fingerprint density at radius 3 is 2.05 bits per heavy atom. The molecule has 0 aliphatic carbocycles. The molecule has 3 rings (SSSR count). The van der Waals surface area contributed by atoms with Gasteiger partial charge in [-0.1, -0.05) is 15.9 Å². The van der Waals surface area contributed by atoms with E-state index >= 15 is 0 Å². The van der Waals surface area contributed by atoms with E-state index in [1.807, 2.05) is 18.2 Å². The highest BCUT2D eigenvalue weighted by Crippen LogP contribution is 2.54. The van der Waals surface area contributed by atoms with Gasteiger partial charge >= 0.3 is 0 Å². The predicted molar refractivity (Wildman–Crippen MR) is 91.5 cm³/mol. The number of hydrogen-bond acceptors (Lipinski definition) is 2. The lowest BCUT2D eigenvalue weighted by Crippen LogP contribution is -2.01. The number of hydrogen-bond donors (Lipinski definition) is 0. The molecule has 0 aromatic heterocycles. The average Bonchev–Trinajstić information content (AvgIpc) is 2.34. The molecule has 0 atom stereocenters. The topological polar surface area (TPSA) is 18.5 Å². The Morgan fingerprint density at radius 1 is 0.632 bits per heavy atom. The Hall–Kier alpha value is 0.440. The first kappa shape index (κ1) is 14.4. The molecule has 1 aliphatic heterocycles. The van der Waals surface area contributed by atoms with Gasteiger partial charge in [-0.15, -0.1) is 0 Å². The van der Waals surface area contributed by atoms with Crippen LogP contribution in [0.2, 0.25) is 0 Å². The van der Waals surface area contributed by atoms with Gasteiger partial charge in [-0.3, -0.25) is 0 Å². The quantitative estimate of drug-likeness (QED) is 0.259. The van der Waals surface area contributed by atoms with Crippen LogP contribution in [0, 0.1) is 0 Å². The molecular weight excluding hydrogens is 576 g/mol. The zero-order valence-electron chi connectivity index (χ0n) is 8.94. The number of rotatable bonds is 0. The highest BCUT2D eigenvalue weighted by Gasteiger charge is 2.26.